The average molecular weight is 271 g/mol. The number of para-hydroxylation sites is 1. The first-order valence-corrected chi connectivity index (χ1v) is 7.35. The number of nitrogens with one attached hydrogen (secondary N) is 1. The summed E-state index contributed by atoms with van der Waals surface area (Å²) < 4.78 is 0. The molecule has 0 saturated heterocycles. The third-order valence-electron chi connectivity index (χ3n) is 3.68. The highest BCUT2D eigenvalue weighted by atomic mass is 16.1. The first kappa shape index (κ1) is 13.3. The third kappa shape index (κ3) is 2.90. The number of aromatic nitrogens is 2. The summed E-state index contributed by atoms with van der Waals surface area (Å²) in [6.45, 7) is 6.25. The average Bonchev–Trinajstić information content (AvgIpc) is 3.22. The molecule has 1 aliphatic carbocycles. The molecular weight excluding hydrogens is 250 g/mol. The van der Waals surface area contributed by atoms with Crippen LogP contribution in [0.4, 0.5) is 0 Å². The van der Waals surface area contributed by atoms with Crippen LogP contribution in [0.15, 0.2) is 29.1 Å². The molecule has 2 aromatic rings. The molecule has 4 heteroatoms. The zero-order chi connectivity index (χ0) is 14.1. The molecule has 0 unspecified atom stereocenters. The second-order valence-corrected chi connectivity index (χ2v) is 6.08. The van der Waals surface area contributed by atoms with Crippen molar-refractivity contribution in [3.8, 4) is 0 Å². The second kappa shape index (κ2) is 5.37. The Morgan fingerprint density at radius 2 is 2.10 bits per heavy atom. The number of hydrogen-bond donors (Lipinski definition) is 1. The molecular formula is C16H21N3O. The Labute approximate surface area is 118 Å². The van der Waals surface area contributed by atoms with Crippen molar-refractivity contribution in [1.29, 1.82) is 0 Å². The molecule has 0 spiro atoms. The van der Waals surface area contributed by atoms with E-state index in [2.05, 4.69) is 28.7 Å². The van der Waals surface area contributed by atoms with E-state index in [0.717, 1.165) is 24.4 Å². The summed E-state index contributed by atoms with van der Waals surface area (Å²) in [4.78, 5) is 22.0. The van der Waals surface area contributed by atoms with Gasteiger partial charge in [-0.15, -0.1) is 0 Å². The van der Waals surface area contributed by atoms with E-state index in [9.17, 15) is 4.79 Å². The van der Waals surface area contributed by atoms with Crippen LogP contribution in [0.2, 0.25) is 0 Å². The van der Waals surface area contributed by atoms with Crippen molar-refractivity contribution >= 4 is 10.9 Å². The van der Waals surface area contributed by atoms with Gasteiger partial charge in [-0.2, -0.15) is 0 Å². The van der Waals surface area contributed by atoms with Gasteiger partial charge in [0.2, 0.25) is 0 Å². The van der Waals surface area contributed by atoms with E-state index in [1.165, 1.54) is 12.8 Å². The Morgan fingerprint density at radius 1 is 1.35 bits per heavy atom. The largest absolute Gasteiger partial charge is 0.309 e. The van der Waals surface area contributed by atoms with E-state index < -0.39 is 0 Å². The van der Waals surface area contributed by atoms with Crippen LogP contribution in [0, 0.1) is 5.92 Å². The van der Waals surface area contributed by atoms with Gasteiger partial charge in [0.15, 0.2) is 0 Å². The van der Waals surface area contributed by atoms with E-state index in [1.54, 1.807) is 0 Å². The minimum atomic E-state index is -0.0362. The van der Waals surface area contributed by atoms with Crippen molar-refractivity contribution in [2.45, 2.75) is 39.3 Å². The maximum Gasteiger partial charge on any atom is 0.258 e. The lowest BCUT2D eigenvalue weighted by molar-refractivity contribution is 0.221. The van der Waals surface area contributed by atoms with Crippen LogP contribution in [0.25, 0.3) is 10.9 Å². The summed E-state index contributed by atoms with van der Waals surface area (Å²) in [6, 6.07) is 8.18. The molecule has 0 atom stereocenters. The third-order valence-corrected chi connectivity index (χ3v) is 3.68. The van der Waals surface area contributed by atoms with Gasteiger partial charge in [-0.25, -0.2) is 4.98 Å². The highest BCUT2D eigenvalue weighted by molar-refractivity contribution is 5.77. The molecule has 1 N–H and O–H groups in total. The van der Waals surface area contributed by atoms with E-state index in [4.69, 9.17) is 0 Å². The van der Waals surface area contributed by atoms with Crippen LogP contribution in [-0.2, 0) is 6.54 Å². The van der Waals surface area contributed by atoms with Crippen LogP contribution in [-0.4, -0.2) is 27.5 Å². The van der Waals surface area contributed by atoms with Crippen LogP contribution in [0.3, 0.4) is 0 Å². The van der Waals surface area contributed by atoms with Gasteiger partial charge in [0, 0.05) is 12.6 Å². The lowest BCUT2D eigenvalue weighted by Crippen LogP contribution is -2.31. The van der Waals surface area contributed by atoms with Gasteiger partial charge in [0.05, 0.1) is 17.4 Å². The molecule has 0 aliphatic heterocycles. The Morgan fingerprint density at radius 3 is 2.80 bits per heavy atom. The predicted octanol–water partition coefficient (Wildman–Crippen LogP) is 2.54. The summed E-state index contributed by atoms with van der Waals surface area (Å²) in [7, 11) is 0. The molecule has 1 saturated carbocycles. The van der Waals surface area contributed by atoms with Crippen molar-refractivity contribution in [2.75, 3.05) is 6.54 Å². The second-order valence-electron chi connectivity index (χ2n) is 6.08. The zero-order valence-electron chi connectivity index (χ0n) is 12.1. The van der Waals surface area contributed by atoms with Gasteiger partial charge < -0.3 is 4.98 Å². The number of aromatic amines is 1. The fourth-order valence-electron chi connectivity index (χ4n) is 2.65. The summed E-state index contributed by atoms with van der Waals surface area (Å²) >= 11 is 0. The van der Waals surface area contributed by atoms with Crippen molar-refractivity contribution in [3.63, 3.8) is 0 Å². The molecule has 0 amide bonds. The minimum Gasteiger partial charge on any atom is -0.309 e. The molecule has 1 aromatic carbocycles. The van der Waals surface area contributed by atoms with Crippen LogP contribution in [0.1, 0.15) is 32.5 Å². The van der Waals surface area contributed by atoms with Crippen molar-refractivity contribution in [3.05, 3.63) is 40.4 Å². The van der Waals surface area contributed by atoms with Gasteiger partial charge in [-0.1, -0.05) is 26.0 Å². The lowest BCUT2D eigenvalue weighted by Gasteiger charge is -2.23. The normalized spacial score (nSPS) is 15.4. The number of hydrogen-bond acceptors (Lipinski definition) is 3. The Bertz CT molecular complexity index is 658. The number of fused-ring (bicyclic) bond motifs is 1. The van der Waals surface area contributed by atoms with Crippen LogP contribution >= 0.6 is 0 Å². The molecule has 0 bridgehead atoms. The number of nitrogens with zero attached hydrogens (tertiary/aromatic N) is 2. The number of H-pyrrole nitrogens is 1. The maximum absolute atomic E-state index is 12.1. The Balaban J connectivity index is 1.87. The van der Waals surface area contributed by atoms with Crippen molar-refractivity contribution in [1.82, 2.24) is 14.9 Å². The molecule has 1 aliphatic rings. The van der Waals surface area contributed by atoms with Crippen molar-refractivity contribution in [2.24, 2.45) is 5.92 Å². The van der Waals surface area contributed by atoms with E-state index in [1.807, 2.05) is 24.3 Å². The van der Waals surface area contributed by atoms with E-state index in [-0.39, 0.29) is 5.56 Å². The van der Waals surface area contributed by atoms with Crippen molar-refractivity contribution < 1.29 is 0 Å². The number of rotatable bonds is 5. The zero-order valence-corrected chi connectivity index (χ0v) is 12.1. The fourth-order valence-corrected chi connectivity index (χ4v) is 2.65. The number of benzene rings is 1. The SMILES string of the molecule is CC(C)CN(Cc1nc2ccccc2c(=O)[nH]1)C1CC1. The highest BCUT2D eigenvalue weighted by Gasteiger charge is 2.29. The van der Waals surface area contributed by atoms with Gasteiger partial charge in [0.1, 0.15) is 5.82 Å². The molecule has 0 radical (unpaired) electrons. The molecule has 20 heavy (non-hydrogen) atoms. The Kier molecular flexibility index (Phi) is 3.57. The summed E-state index contributed by atoms with van der Waals surface area (Å²) in [6.07, 6.45) is 2.54. The standard InChI is InChI=1S/C16H21N3O/c1-11(2)9-19(12-7-8-12)10-15-17-14-6-4-3-5-13(14)16(20)18-15/h3-6,11-12H,7-10H2,1-2H3,(H,17,18,20). The maximum atomic E-state index is 12.1. The molecule has 4 nitrogen and oxygen atoms in total. The first-order valence-electron chi connectivity index (χ1n) is 7.35. The quantitative estimate of drug-likeness (QED) is 0.909. The highest BCUT2D eigenvalue weighted by Crippen LogP contribution is 2.28. The van der Waals surface area contributed by atoms with Crippen LogP contribution in [0.5, 0.6) is 0 Å². The minimum absolute atomic E-state index is 0.0362. The predicted molar refractivity (Wildman–Crippen MR) is 80.6 cm³/mol. The Hall–Kier alpha value is -1.68. The van der Waals surface area contributed by atoms with E-state index in [0.29, 0.717) is 17.3 Å². The molecule has 106 valence electrons. The smallest absolute Gasteiger partial charge is 0.258 e. The lowest BCUT2D eigenvalue weighted by atomic mass is 10.2. The monoisotopic (exact) mass is 271 g/mol. The fraction of sp³-hybridized carbons (Fsp3) is 0.500. The molecule has 3 rings (SSSR count). The molecule has 1 aromatic heterocycles. The van der Waals surface area contributed by atoms with E-state index >= 15 is 0 Å². The molecule has 1 heterocycles. The summed E-state index contributed by atoms with van der Waals surface area (Å²) in [5.74, 6) is 1.41. The summed E-state index contributed by atoms with van der Waals surface area (Å²) in [5, 5.41) is 0.665. The van der Waals surface area contributed by atoms with Gasteiger partial charge in [-0.05, 0) is 30.9 Å². The van der Waals surface area contributed by atoms with Crippen LogP contribution < -0.4 is 5.56 Å². The topological polar surface area (TPSA) is 49.0 Å². The van der Waals surface area contributed by atoms with Gasteiger partial charge in [0.25, 0.3) is 5.56 Å². The summed E-state index contributed by atoms with van der Waals surface area (Å²) in [5.41, 5.74) is 0.748. The van der Waals surface area contributed by atoms with Gasteiger partial charge in [-0.3, -0.25) is 9.69 Å². The first-order chi connectivity index (χ1) is 9.63. The van der Waals surface area contributed by atoms with Gasteiger partial charge >= 0.3 is 0 Å². The molecule has 1 fully saturated rings.